The summed E-state index contributed by atoms with van der Waals surface area (Å²) in [7, 11) is 0. The van der Waals surface area contributed by atoms with E-state index in [-0.39, 0.29) is 42.5 Å². The zero-order valence-corrected chi connectivity index (χ0v) is 21.6. The van der Waals surface area contributed by atoms with Gasteiger partial charge in [-0.25, -0.2) is 0 Å². The van der Waals surface area contributed by atoms with Crippen LogP contribution >= 0.6 is 0 Å². The fourth-order valence-electron chi connectivity index (χ4n) is 4.75. The number of hydrogen-bond donors (Lipinski definition) is 3. The molecule has 12 heteroatoms. The number of benzene rings is 2. The van der Waals surface area contributed by atoms with E-state index in [9.17, 15) is 24.0 Å². The molecule has 3 heterocycles. The lowest BCUT2D eigenvalue weighted by Crippen LogP contribution is -2.45. The highest BCUT2D eigenvalue weighted by Crippen LogP contribution is 2.20. The Kier molecular flexibility index (Phi) is 7.54. The molecule has 12 nitrogen and oxygen atoms in total. The highest BCUT2D eigenvalue weighted by molar-refractivity contribution is 5.99. The number of rotatable bonds is 5. The second kappa shape index (κ2) is 11.4. The van der Waals surface area contributed by atoms with Crippen LogP contribution in [0.25, 0.3) is 10.9 Å². The van der Waals surface area contributed by atoms with Gasteiger partial charge in [0.05, 0.1) is 11.9 Å². The van der Waals surface area contributed by atoms with Crippen LogP contribution in [0.15, 0.2) is 47.3 Å². The van der Waals surface area contributed by atoms with E-state index in [1.165, 1.54) is 0 Å². The maximum atomic E-state index is 13.1. The molecule has 4 amide bonds. The summed E-state index contributed by atoms with van der Waals surface area (Å²) >= 11 is 0. The summed E-state index contributed by atoms with van der Waals surface area (Å²) < 4.78 is 1.00. The van der Waals surface area contributed by atoms with Gasteiger partial charge >= 0.3 is 0 Å². The number of anilines is 1. The molecular formula is C28H27N7O5. The quantitative estimate of drug-likeness (QED) is 0.311. The largest absolute Gasteiger partial charge is 0.376 e. The number of carbonyl (C=O) groups is 4. The molecule has 2 aromatic carbocycles. The third kappa shape index (κ3) is 5.83. The Bertz CT molecular complexity index is 1610. The molecule has 2 saturated heterocycles. The summed E-state index contributed by atoms with van der Waals surface area (Å²) in [5, 5.41) is 13.5. The Morgan fingerprint density at radius 1 is 1.05 bits per heavy atom. The molecule has 0 bridgehead atoms. The first-order valence-electron chi connectivity index (χ1n) is 12.9. The van der Waals surface area contributed by atoms with Gasteiger partial charge in [0.2, 0.25) is 17.7 Å². The van der Waals surface area contributed by atoms with Gasteiger partial charge in [0, 0.05) is 42.2 Å². The number of carbonyl (C=O) groups excluding carboxylic acids is 4. The molecule has 2 fully saturated rings. The van der Waals surface area contributed by atoms with Crippen LogP contribution in [0.5, 0.6) is 0 Å². The van der Waals surface area contributed by atoms with Gasteiger partial charge in [0.25, 0.3) is 11.5 Å². The van der Waals surface area contributed by atoms with Crippen molar-refractivity contribution >= 4 is 40.2 Å². The van der Waals surface area contributed by atoms with Crippen LogP contribution < -0.4 is 21.9 Å². The number of hydrogen-bond acceptors (Lipinski definition) is 8. The first kappa shape index (κ1) is 26.6. The first-order valence-corrected chi connectivity index (χ1v) is 12.9. The summed E-state index contributed by atoms with van der Waals surface area (Å²) in [5.41, 5.74) is 6.92. The van der Waals surface area contributed by atoms with Crippen molar-refractivity contribution in [1.82, 2.24) is 25.2 Å². The van der Waals surface area contributed by atoms with Crippen molar-refractivity contribution in [3.8, 4) is 11.8 Å². The van der Waals surface area contributed by atoms with Crippen LogP contribution in [0, 0.1) is 17.8 Å². The number of fused-ring (bicyclic) bond motifs is 1. The van der Waals surface area contributed by atoms with Crippen LogP contribution in [-0.2, 0) is 14.4 Å². The molecule has 4 N–H and O–H groups in total. The van der Waals surface area contributed by atoms with Gasteiger partial charge < -0.3 is 16.0 Å². The number of piperidine rings is 2. The number of nitrogens with zero attached hydrogens (tertiary/aromatic N) is 4. The Hall–Kier alpha value is -5.05. The normalized spacial score (nSPS) is 17.6. The Labute approximate surface area is 228 Å². The maximum Gasteiger partial charge on any atom is 0.278 e. The van der Waals surface area contributed by atoms with Gasteiger partial charge in [-0.05, 0) is 61.7 Å². The van der Waals surface area contributed by atoms with Crippen LogP contribution in [0.3, 0.4) is 0 Å². The monoisotopic (exact) mass is 541 g/mol. The second-order valence-corrected chi connectivity index (χ2v) is 9.76. The van der Waals surface area contributed by atoms with Crippen molar-refractivity contribution in [3.05, 3.63) is 63.9 Å². The fourth-order valence-corrected chi connectivity index (χ4v) is 4.75. The van der Waals surface area contributed by atoms with Crippen LogP contribution in [0.1, 0.15) is 47.6 Å². The number of nitrogens with two attached hydrogens (primary N) is 1. The van der Waals surface area contributed by atoms with Crippen LogP contribution in [0.2, 0.25) is 0 Å². The molecule has 0 spiro atoms. The highest BCUT2D eigenvalue weighted by atomic mass is 16.2. The molecule has 1 aromatic heterocycles. The van der Waals surface area contributed by atoms with E-state index in [2.05, 4.69) is 32.8 Å². The SMILES string of the molecule is NC(=O)c1ccc(C#CC2CCN(C(=O)CNc3ccc4nnn(C5CCC(=O)NC5=O)c(=O)c4c3)CC2)cc1. The van der Waals surface area contributed by atoms with E-state index in [0.29, 0.717) is 29.9 Å². The number of imide groups is 1. The zero-order valence-electron chi connectivity index (χ0n) is 21.6. The molecule has 0 saturated carbocycles. The average molecular weight is 542 g/mol. The molecule has 2 aliphatic heterocycles. The van der Waals surface area contributed by atoms with E-state index in [1.807, 2.05) is 0 Å². The summed E-state index contributed by atoms with van der Waals surface area (Å²) in [6.45, 7) is 1.23. The van der Waals surface area contributed by atoms with Crippen molar-refractivity contribution in [2.75, 3.05) is 25.0 Å². The summed E-state index contributed by atoms with van der Waals surface area (Å²) in [6.07, 6.45) is 1.80. The maximum absolute atomic E-state index is 13.1. The lowest BCUT2D eigenvalue weighted by Gasteiger charge is -2.30. The molecule has 1 unspecified atom stereocenters. The smallest absolute Gasteiger partial charge is 0.278 e. The Morgan fingerprint density at radius 2 is 1.80 bits per heavy atom. The van der Waals surface area contributed by atoms with E-state index in [1.54, 1.807) is 47.4 Å². The van der Waals surface area contributed by atoms with E-state index >= 15 is 0 Å². The minimum atomic E-state index is -0.907. The summed E-state index contributed by atoms with van der Waals surface area (Å²) in [5.74, 6) is 5.04. The minimum absolute atomic E-state index is 0.0495. The Balaban J connectivity index is 1.17. The summed E-state index contributed by atoms with van der Waals surface area (Å²) in [4.78, 5) is 62.5. The topological polar surface area (TPSA) is 169 Å². The number of aromatic nitrogens is 3. The van der Waals surface area contributed by atoms with Gasteiger partial charge in [-0.15, -0.1) is 5.10 Å². The number of likely N-dealkylation sites (tertiary alicyclic amines) is 1. The number of amides is 4. The summed E-state index contributed by atoms with van der Waals surface area (Å²) in [6, 6.07) is 10.8. The van der Waals surface area contributed by atoms with E-state index < -0.39 is 23.4 Å². The van der Waals surface area contributed by atoms with Crippen LogP contribution in [0.4, 0.5) is 5.69 Å². The van der Waals surface area contributed by atoms with Gasteiger partial charge in [-0.2, -0.15) is 4.68 Å². The second-order valence-electron chi connectivity index (χ2n) is 9.76. The lowest BCUT2D eigenvalue weighted by molar-refractivity contribution is -0.136. The lowest BCUT2D eigenvalue weighted by atomic mass is 9.97. The predicted octanol–water partition coefficient (Wildman–Crippen LogP) is 0.570. The number of nitrogens with one attached hydrogen (secondary N) is 2. The predicted molar refractivity (Wildman–Crippen MR) is 145 cm³/mol. The van der Waals surface area contributed by atoms with Gasteiger partial charge in [0.15, 0.2) is 0 Å². The van der Waals surface area contributed by atoms with Crippen molar-refractivity contribution in [3.63, 3.8) is 0 Å². The van der Waals surface area contributed by atoms with Gasteiger partial charge in [0.1, 0.15) is 11.6 Å². The molecule has 40 heavy (non-hydrogen) atoms. The van der Waals surface area contributed by atoms with Gasteiger partial charge in [-0.1, -0.05) is 17.1 Å². The highest BCUT2D eigenvalue weighted by Gasteiger charge is 2.30. The van der Waals surface area contributed by atoms with Crippen molar-refractivity contribution in [1.29, 1.82) is 0 Å². The average Bonchev–Trinajstić information content (AvgIpc) is 2.96. The zero-order chi connectivity index (χ0) is 28.2. The molecule has 3 aromatic rings. The van der Waals surface area contributed by atoms with Crippen molar-refractivity contribution in [2.24, 2.45) is 11.7 Å². The fraction of sp³-hybridized carbons (Fsp3) is 0.321. The first-order chi connectivity index (χ1) is 19.3. The third-order valence-corrected chi connectivity index (χ3v) is 7.07. The third-order valence-electron chi connectivity index (χ3n) is 7.07. The van der Waals surface area contributed by atoms with Crippen LogP contribution in [-0.4, -0.2) is 63.2 Å². The molecular weight excluding hydrogens is 514 g/mol. The molecule has 2 aliphatic rings. The van der Waals surface area contributed by atoms with E-state index in [4.69, 9.17) is 5.73 Å². The molecule has 204 valence electrons. The standard InChI is InChI=1S/C28H27N7O5/c29-26(38)19-5-3-17(4-6-19)1-2-18-11-13-34(14-12-18)25(37)16-30-20-7-8-22-21(15-20)28(40)35(33-32-22)23-9-10-24(36)31-27(23)39/h3-8,15,18,23,30H,9-14,16H2,(H2,29,38)(H,31,36,39). The van der Waals surface area contributed by atoms with Crippen molar-refractivity contribution < 1.29 is 19.2 Å². The molecule has 1 atom stereocenters. The van der Waals surface area contributed by atoms with E-state index in [0.717, 1.165) is 23.1 Å². The Morgan fingerprint density at radius 3 is 2.50 bits per heavy atom. The molecule has 0 aliphatic carbocycles. The number of primary amides is 1. The molecule has 0 radical (unpaired) electrons. The minimum Gasteiger partial charge on any atom is -0.376 e. The molecule has 5 rings (SSSR count). The van der Waals surface area contributed by atoms with Gasteiger partial charge in [-0.3, -0.25) is 29.3 Å². The van der Waals surface area contributed by atoms with Crippen molar-refractivity contribution in [2.45, 2.75) is 31.7 Å².